The van der Waals surface area contributed by atoms with Crippen molar-refractivity contribution < 1.29 is 4.74 Å². The Balaban J connectivity index is 1.99. The zero-order chi connectivity index (χ0) is 13.0. The minimum absolute atomic E-state index is 0.140. The Kier molecular flexibility index (Phi) is 3.88. The maximum absolute atomic E-state index is 6.10. The first kappa shape index (κ1) is 12.5. The van der Waals surface area contributed by atoms with Gasteiger partial charge in [0, 0.05) is 38.0 Å². The summed E-state index contributed by atoms with van der Waals surface area (Å²) >= 11 is 0. The SMILES string of the molecule is COc1cc(C(N)CCc2nccn2C)ncn1. The van der Waals surface area contributed by atoms with E-state index in [0.717, 1.165) is 24.4 Å². The highest BCUT2D eigenvalue weighted by molar-refractivity contribution is 5.16. The van der Waals surface area contributed by atoms with Crippen molar-refractivity contribution in [2.24, 2.45) is 12.8 Å². The lowest BCUT2D eigenvalue weighted by Gasteiger charge is -2.11. The van der Waals surface area contributed by atoms with Gasteiger partial charge < -0.3 is 15.0 Å². The highest BCUT2D eigenvalue weighted by atomic mass is 16.5. The van der Waals surface area contributed by atoms with Crippen molar-refractivity contribution in [2.75, 3.05) is 7.11 Å². The van der Waals surface area contributed by atoms with Crippen LogP contribution in [0.3, 0.4) is 0 Å². The van der Waals surface area contributed by atoms with Crippen molar-refractivity contribution in [1.82, 2.24) is 19.5 Å². The molecule has 2 rings (SSSR count). The molecule has 6 heteroatoms. The second-order valence-corrected chi connectivity index (χ2v) is 4.08. The summed E-state index contributed by atoms with van der Waals surface area (Å²) < 4.78 is 7.04. The molecule has 6 nitrogen and oxygen atoms in total. The van der Waals surface area contributed by atoms with E-state index in [4.69, 9.17) is 10.5 Å². The maximum Gasteiger partial charge on any atom is 0.216 e. The van der Waals surface area contributed by atoms with E-state index in [2.05, 4.69) is 15.0 Å². The molecule has 0 bridgehead atoms. The molecule has 0 amide bonds. The van der Waals surface area contributed by atoms with Crippen LogP contribution in [-0.2, 0) is 13.5 Å². The zero-order valence-electron chi connectivity index (χ0n) is 10.6. The van der Waals surface area contributed by atoms with Crippen molar-refractivity contribution in [1.29, 1.82) is 0 Å². The monoisotopic (exact) mass is 247 g/mol. The lowest BCUT2D eigenvalue weighted by molar-refractivity contribution is 0.395. The second-order valence-electron chi connectivity index (χ2n) is 4.08. The van der Waals surface area contributed by atoms with E-state index in [0.29, 0.717) is 5.88 Å². The third-order valence-electron chi connectivity index (χ3n) is 2.85. The molecule has 0 radical (unpaired) electrons. The van der Waals surface area contributed by atoms with Gasteiger partial charge in [-0.2, -0.15) is 0 Å². The minimum atomic E-state index is -0.140. The normalized spacial score (nSPS) is 12.4. The molecule has 1 unspecified atom stereocenters. The fourth-order valence-electron chi connectivity index (χ4n) is 1.74. The van der Waals surface area contributed by atoms with Crippen LogP contribution in [0.15, 0.2) is 24.8 Å². The number of aryl methyl sites for hydroxylation is 2. The Hall–Kier alpha value is -1.95. The number of ether oxygens (including phenoxy) is 1. The number of hydrogen-bond acceptors (Lipinski definition) is 5. The molecule has 0 aliphatic rings. The third-order valence-corrected chi connectivity index (χ3v) is 2.85. The van der Waals surface area contributed by atoms with Crippen LogP contribution < -0.4 is 10.5 Å². The number of imidazole rings is 1. The molecule has 1 atom stereocenters. The van der Waals surface area contributed by atoms with Crippen molar-refractivity contribution in [3.63, 3.8) is 0 Å². The van der Waals surface area contributed by atoms with Gasteiger partial charge >= 0.3 is 0 Å². The van der Waals surface area contributed by atoms with Gasteiger partial charge in [0.2, 0.25) is 5.88 Å². The zero-order valence-corrected chi connectivity index (χ0v) is 10.6. The molecular formula is C12H17N5O. The lowest BCUT2D eigenvalue weighted by Crippen LogP contribution is -2.14. The van der Waals surface area contributed by atoms with E-state index in [1.54, 1.807) is 19.4 Å². The molecule has 18 heavy (non-hydrogen) atoms. The van der Waals surface area contributed by atoms with E-state index in [9.17, 15) is 0 Å². The Morgan fingerprint density at radius 2 is 2.22 bits per heavy atom. The van der Waals surface area contributed by atoms with Gasteiger partial charge in [0.25, 0.3) is 0 Å². The maximum atomic E-state index is 6.10. The van der Waals surface area contributed by atoms with E-state index >= 15 is 0 Å². The molecule has 2 aromatic heterocycles. The highest BCUT2D eigenvalue weighted by Gasteiger charge is 2.10. The minimum Gasteiger partial charge on any atom is -0.481 e. The van der Waals surface area contributed by atoms with Crippen LogP contribution in [0.5, 0.6) is 5.88 Å². The summed E-state index contributed by atoms with van der Waals surface area (Å²) in [6.07, 6.45) is 6.78. The Bertz CT molecular complexity index is 511. The summed E-state index contributed by atoms with van der Waals surface area (Å²) in [7, 11) is 3.55. The van der Waals surface area contributed by atoms with Crippen molar-refractivity contribution >= 4 is 0 Å². The molecule has 0 fully saturated rings. The number of nitrogens with two attached hydrogens (primary N) is 1. The Morgan fingerprint density at radius 1 is 1.39 bits per heavy atom. The molecule has 2 N–H and O–H groups in total. The van der Waals surface area contributed by atoms with Crippen LogP contribution in [0.1, 0.15) is 24.0 Å². The number of nitrogens with zero attached hydrogens (tertiary/aromatic N) is 4. The van der Waals surface area contributed by atoms with Gasteiger partial charge in [-0.15, -0.1) is 0 Å². The van der Waals surface area contributed by atoms with Crippen molar-refractivity contribution in [3.05, 3.63) is 36.3 Å². The van der Waals surface area contributed by atoms with Crippen LogP contribution in [0.25, 0.3) is 0 Å². The summed E-state index contributed by atoms with van der Waals surface area (Å²) in [6, 6.07) is 1.63. The van der Waals surface area contributed by atoms with Crippen molar-refractivity contribution in [3.8, 4) is 5.88 Å². The van der Waals surface area contributed by atoms with Crippen LogP contribution >= 0.6 is 0 Å². The van der Waals surface area contributed by atoms with Gasteiger partial charge in [-0.3, -0.25) is 0 Å². The molecular weight excluding hydrogens is 230 g/mol. The van der Waals surface area contributed by atoms with Crippen molar-refractivity contribution in [2.45, 2.75) is 18.9 Å². The quantitative estimate of drug-likeness (QED) is 0.847. The predicted octanol–water partition coefficient (Wildman–Crippen LogP) is 0.851. The fraction of sp³-hybridized carbons (Fsp3) is 0.417. The number of rotatable bonds is 5. The average molecular weight is 247 g/mol. The third kappa shape index (κ3) is 2.84. The molecule has 0 aromatic carbocycles. The van der Waals surface area contributed by atoms with Gasteiger partial charge in [0.1, 0.15) is 12.2 Å². The van der Waals surface area contributed by atoms with Crippen LogP contribution in [0, 0.1) is 0 Å². The first-order valence-electron chi connectivity index (χ1n) is 5.78. The van der Waals surface area contributed by atoms with Gasteiger partial charge in [-0.05, 0) is 6.42 Å². The number of aromatic nitrogens is 4. The average Bonchev–Trinajstić information content (AvgIpc) is 2.81. The van der Waals surface area contributed by atoms with Crippen LogP contribution in [0.2, 0.25) is 0 Å². The number of hydrogen-bond donors (Lipinski definition) is 1. The molecule has 96 valence electrons. The van der Waals surface area contributed by atoms with Gasteiger partial charge in [0.15, 0.2) is 0 Å². The summed E-state index contributed by atoms with van der Waals surface area (Å²) in [5.41, 5.74) is 6.89. The molecule has 0 saturated carbocycles. The fourth-order valence-corrected chi connectivity index (χ4v) is 1.74. The molecule has 0 aliphatic carbocycles. The molecule has 0 saturated heterocycles. The summed E-state index contributed by atoms with van der Waals surface area (Å²) in [5.74, 6) is 1.55. The first-order valence-corrected chi connectivity index (χ1v) is 5.78. The highest BCUT2D eigenvalue weighted by Crippen LogP contribution is 2.16. The van der Waals surface area contributed by atoms with E-state index in [1.165, 1.54) is 6.33 Å². The van der Waals surface area contributed by atoms with Gasteiger partial charge in [0.05, 0.1) is 12.8 Å². The second kappa shape index (κ2) is 5.59. The van der Waals surface area contributed by atoms with Gasteiger partial charge in [-0.25, -0.2) is 15.0 Å². The van der Waals surface area contributed by atoms with Crippen LogP contribution in [-0.4, -0.2) is 26.6 Å². The largest absolute Gasteiger partial charge is 0.481 e. The predicted molar refractivity (Wildman–Crippen MR) is 67.0 cm³/mol. The Morgan fingerprint density at radius 3 is 2.89 bits per heavy atom. The standard InChI is InChI=1S/C12H17N5O/c1-17-6-5-14-11(17)4-3-9(13)10-7-12(18-2)16-8-15-10/h5-9H,3-4,13H2,1-2H3. The summed E-state index contributed by atoms with van der Waals surface area (Å²) in [5, 5.41) is 0. The molecule has 2 heterocycles. The molecule has 2 aromatic rings. The smallest absolute Gasteiger partial charge is 0.216 e. The van der Waals surface area contributed by atoms with E-state index < -0.39 is 0 Å². The van der Waals surface area contributed by atoms with E-state index in [1.807, 2.05) is 17.8 Å². The lowest BCUT2D eigenvalue weighted by atomic mass is 10.1. The molecule has 0 aliphatic heterocycles. The summed E-state index contributed by atoms with van der Waals surface area (Å²) in [4.78, 5) is 12.4. The van der Waals surface area contributed by atoms with Crippen LogP contribution in [0.4, 0.5) is 0 Å². The van der Waals surface area contributed by atoms with Gasteiger partial charge in [-0.1, -0.05) is 0 Å². The number of methoxy groups -OCH3 is 1. The topological polar surface area (TPSA) is 78.9 Å². The summed E-state index contributed by atoms with van der Waals surface area (Å²) in [6.45, 7) is 0. The molecule has 0 spiro atoms. The first-order chi connectivity index (χ1) is 8.70. The Labute approximate surface area is 106 Å². The van der Waals surface area contributed by atoms with E-state index in [-0.39, 0.29) is 6.04 Å².